The van der Waals surface area contributed by atoms with Crippen LogP contribution in [0.2, 0.25) is 0 Å². The predicted octanol–water partition coefficient (Wildman–Crippen LogP) is -1.28. The largest absolute Gasteiger partial charge is 0.391 e. The molecule has 0 saturated carbocycles. The smallest absolute Gasteiger partial charge is 0.276 e. The summed E-state index contributed by atoms with van der Waals surface area (Å²) in [7, 11) is 0. The van der Waals surface area contributed by atoms with Crippen molar-refractivity contribution in [2.75, 3.05) is 17.2 Å². The lowest BCUT2D eigenvalue weighted by molar-refractivity contribution is 0.0214. The van der Waals surface area contributed by atoms with E-state index in [1.54, 1.807) is 0 Å². The van der Waals surface area contributed by atoms with E-state index in [9.17, 15) is 15.0 Å². The van der Waals surface area contributed by atoms with Crippen molar-refractivity contribution in [2.45, 2.75) is 25.2 Å². The second kappa shape index (κ2) is 4.11. The van der Waals surface area contributed by atoms with Crippen molar-refractivity contribution in [3.05, 3.63) is 16.7 Å². The molecule has 5 N–H and O–H groups in total. The molecule has 0 saturated heterocycles. The molecule has 0 bridgehead atoms. The van der Waals surface area contributed by atoms with E-state index < -0.39 is 18.2 Å². The number of nitrogens with one attached hydrogen (secondary N) is 3. The van der Waals surface area contributed by atoms with Crippen molar-refractivity contribution in [1.82, 2.24) is 9.97 Å². The number of fused-ring (bicyclic) bond motifs is 1. The van der Waals surface area contributed by atoms with Gasteiger partial charge in [-0.05, 0) is 6.92 Å². The molecule has 2 rings (SSSR count). The molecule has 7 nitrogen and oxygen atoms in total. The van der Waals surface area contributed by atoms with Crippen LogP contribution in [0.15, 0.2) is 11.1 Å². The van der Waals surface area contributed by atoms with Gasteiger partial charge in [0.25, 0.3) is 5.56 Å². The topological polar surface area (TPSA) is 110 Å². The summed E-state index contributed by atoms with van der Waals surface area (Å²) in [5.74, 6) is 0.456. The molecule has 0 spiro atoms. The fraction of sp³-hybridized carbons (Fsp3) is 0.556. The number of hydrogen-bond donors (Lipinski definition) is 5. The Bertz CT molecular complexity index is 431. The minimum Gasteiger partial charge on any atom is -0.391 e. The predicted molar refractivity (Wildman–Crippen MR) is 58.4 cm³/mol. The highest BCUT2D eigenvalue weighted by atomic mass is 16.3. The highest BCUT2D eigenvalue weighted by molar-refractivity contribution is 5.65. The van der Waals surface area contributed by atoms with Gasteiger partial charge < -0.3 is 25.8 Å². The first-order chi connectivity index (χ1) is 7.59. The van der Waals surface area contributed by atoms with Gasteiger partial charge in [0.15, 0.2) is 5.82 Å². The Morgan fingerprint density at radius 1 is 1.56 bits per heavy atom. The van der Waals surface area contributed by atoms with E-state index in [-0.39, 0.29) is 5.56 Å². The molecule has 7 heteroatoms. The molecule has 1 aromatic heterocycles. The number of H-pyrrole nitrogens is 1. The van der Waals surface area contributed by atoms with Crippen LogP contribution in [-0.2, 0) is 0 Å². The molecule has 3 atom stereocenters. The molecule has 0 aliphatic carbocycles. The normalized spacial score (nSPS) is 22.6. The number of aliphatic hydroxyl groups excluding tert-OH is 2. The van der Waals surface area contributed by atoms with Gasteiger partial charge >= 0.3 is 0 Å². The summed E-state index contributed by atoms with van der Waals surface area (Å²) in [5.41, 5.74) is -0.0153. The average molecular weight is 226 g/mol. The van der Waals surface area contributed by atoms with E-state index in [1.807, 2.05) is 0 Å². The maximum Gasteiger partial charge on any atom is 0.276 e. The monoisotopic (exact) mass is 226 g/mol. The fourth-order valence-corrected chi connectivity index (χ4v) is 1.65. The third kappa shape index (κ3) is 1.86. The lowest BCUT2D eigenvalue weighted by atomic mass is 10.0. The Balaban J connectivity index is 2.23. The Kier molecular flexibility index (Phi) is 2.80. The van der Waals surface area contributed by atoms with Crippen LogP contribution < -0.4 is 16.2 Å². The van der Waals surface area contributed by atoms with E-state index >= 15 is 0 Å². The van der Waals surface area contributed by atoms with Crippen LogP contribution in [0, 0.1) is 0 Å². The molecule has 0 fully saturated rings. The van der Waals surface area contributed by atoms with Gasteiger partial charge in [-0.3, -0.25) is 4.79 Å². The first-order valence-corrected chi connectivity index (χ1v) is 5.04. The van der Waals surface area contributed by atoms with Crippen molar-refractivity contribution >= 4 is 11.5 Å². The summed E-state index contributed by atoms with van der Waals surface area (Å²) in [5, 5.41) is 24.7. The average Bonchev–Trinajstić information content (AvgIpc) is 2.28. The van der Waals surface area contributed by atoms with Crippen LogP contribution in [0.25, 0.3) is 0 Å². The van der Waals surface area contributed by atoms with Gasteiger partial charge in [0.1, 0.15) is 11.8 Å². The molecule has 3 unspecified atom stereocenters. The van der Waals surface area contributed by atoms with Gasteiger partial charge in [0, 0.05) is 6.54 Å². The summed E-state index contributed by atoms with van der Waals surface area (Å²) in [6.07, 6.45) is -0.502. The molecule has 88 valence electrons. The molecule has 2 heterocycles. The lowest BCUT2D eigenvalue weighted by Gasteiger charge is -2.31. The van der Waals surface area contributed by atoms with Crippen molar-refractivity contribution in [3.63, 3.8) is 0 Å². The van der Waals surface area contributed by atoms with Gasteiger partial charge in [-0.15, -0.1) is 0 Å². The lowest BCUT2D eigenvalue weighted by Crippen LogP contribution is -2.48. The van der Waals surface area contributed by atoms with Crippen LogP contribution in [0.1, 0.15) is 6.92 Å². The highest BCUT2D eigenvalue weighted by Gasteiger charge is 2.28. The fourth-order valence-electron chi connectivity index (χ4n) is 1.65. The molecule has 0 amide bonds. The highest BCUT2D eigenvalue weighted by Crippen LogP contribution is 2.20. The Morgan fingerprint density at radius 3 is 3.00 bits per heavy atom. The number of aliphatic hydroxyl groups is 2. The van der Waals surface area contributed by atoms with Gasteiger partial charge in [0.2, 0.25) is 0 Å². The zero-order valence-corrected chi connectivity index (χ0v) is 8.77. The first kappa shape index (κ1) is 10.9. The van der Waals surface area contributed by atoms with E-state index in [4.69, 9.17) is 0 Å². The standard InChI is InChI=1S/C9H14N4O3/c1-4(14)7(15)5-2-10-8-6(13-5)9(16)12-3-11-8/h3-5,7,13-15H,2H2,1H3,(H2,10,11,12,16). The number of aromatic nitrogens is 2. The van der Waals surface area contributed by atoms with Crippen molar-refractivity contribution in [3.8, 4) is 0 Å². The third-order valence-electron chi connectivity index (χ3n) is 2.58. The first-order valence-electron chi connectivity index (χ1n) is 5.04. The van der Waals surface area contributed by atoms with Crippen molar-refractivity contribution in [2.24, 2.45) is 0 Å². The van der Waals surface area contributed by atoms with Crippen LogP contribution in [0.4, 0.5) is 11.5 Å². The summed E-state index contributed by atoms with van der Waals surface area (Å²) < 4.78 is 0. The zero-order chi connectivity index (χ0) is 11.7. The number of hydrogen-bond acceptors (Lipinski definition) is 6. The SMILES string of the molecule is CC(O)C(O)C1CNc2nc[nH]c(=O)c2N1. The molecule has 0 radical (unpaired) electrons. The van der Waals surface area contributed by atoms with E-state index in [2.05, 4.69) is 20.6 Å². The molecule has 1 aromatic rings. The van der Waals surface area contributed by atoms with E-state index in [1.165, 1.54) is 13.3 Å². The van der Waals surface area contributed by atoms with E-state index in [0.29, 0.717) is 18.1 Å². The van der Waals surface area contributed by atoms with Crippen LogP contribution in [0.5, 0.6) is 0 Å². The van der Waals surface area contributed by atoms with Gasteiger partial charge in [0.05, 0.1) is 18.5 Å². The number of rotatable bonds is 2. The summed E-state index contributed by atoms with van der Waals surface area (Å²) in [4.78, 5) is 17.8. The number of nitrogens with zero attached hydrogens (tertiary/aromatic N) is 1. The van der Waals surface area contributed by atoms with Crippen molar-refractivity contribution < 1.29 is 10.2 Å². The molecule has 1 aliphatic heterocycles. The Morgan fingerprint density at radius 2 is 2.31 bits per heavy atom. The third-order valence-corrected chi connectivity index (χ3v) is 2.58. The maximum absolute atomic E-state index is 11.5. The summed E-state index contributed by atoms with van der Waals surface area (Å²) >= 11 is 0. The van der Waals surface area contributed by atoms with Crippen LogP contribution in [0.3, 0.4) is 0 Å². The van der Waals surface area contributed by atoms with Gasteiger partial charge in [-0.2, -0.15) is 0 Å². The summed E-state index contributed by atoms with van der Waals surface area (Å²) in [6.45, 7) is 1.89. The number of anilines is 2. The van der Waals surface area contributed by atoms with Crippen molar-refractivity contribution in [1.29, 1.82) is 0 Å². The molecular formula is C9H14N4O3. The minimum atomic E-state index is -0.944. The quantitative estimate of drug-likeness (QED) is 0.429. The Hall–Kier alpha value is -1.60. The van der Waals surface area contributed by atoms with Gasteiger partial charge in [-0.25, -0.2) is 4.98 Å². The summed E-state index contributed by atoms with van der Waals surface area (Å²) in [6, 6.07) is -0.419. The zero-order valence-electron chi connectivity index (χ0n) is 8.77. The second-order valence-corrected chi connectivity index (χ2v) is 3.82. The molecule has 1 aliphatic rings. The molecule has 16 heavy (non-hydrogen) atoms. The molecular weight excluding hydrogens is 212 g/mol. The minimum absolute atomic E-state index is 0.290. The Labute approximate surface area is 91.5 Å². The van der Waals surface area contributed by atoms with Gasteiger partial charge in [-0.1, -0.05) is 0 Å². The maximum atomic E-state index is 11.5. The van der Waals surface area contributed by atoms with Crippen LogP contribution in [-0.4, -0.2) is 45.0 Å². The molecule has 0 aromatic carbocycles. The second-order valence-electron chi connectivity index (χ2n) is 3.82. The van der Waals surface area contributed by atoms with Crippen LogP contribution >= 0.6 is 0 Å². The number of aromatic amines is 1. The van der Waals surface area contributed by atoms with E-state index in [0.717, 1.165) is 0 Å².